The Bertz CT molecular complexity index is 586. The third-order valence-corrected chi connectivity index (χ3v) is 3.81. The van der Waals surface area contributed by atoms with Crippen molar-refractivity contribution in [3.05, 3.63) is 33.9 Å². The Morgan fingerprint density at radius 3 is 2.48 bits per heavy atom. The summed E-state index contributed by atoms with van der Waals surface area (Å²) in [6.45, 7) is 2.25. The summed E-state index contributed by atoms with van der Waals surface area (Å²) < 4.78 is 27.0. The summed E-state index contributed by atoms with van der Waals surface area (Å²) in [6, 6.07) is 4.48. The summed E-state index contributed by atoms with van der Waals surface area (Å²) in [6.07, 6.45) is 2.97. The van der Waals surface area contributed by atoms with Crippen molar-refractivity contribution in [1.82, 2.24) is 0 Å². The van der Waals surface area contributed by atoms with E-state index in [9.17, 15) is 18.5 Å². The SMILES string of the molecule is Cc1cc([N+](=O)[O-])ccc1OCCCCCCS(N)(=O)=O. The standard InChI is InChI=1S/C13H20N2O5S/c1-11-10-12(15(16)17)6-7-13(11)20-8-4-2-3-5-9-21(14,18)19/h6-7,10H,2-5,8-9H2,1H3,(H2,14,18,19). The summed E-state index contributed by atoms with van der Waals surface area (Å²) in [5.74, 6) is 0.639. The van der Waals surface area contributed by atoms with E-state index in [1.807, 2.05) is 0 Å². The first kappa shape index (κ1) is 17.4. The lowest BCUT2D eigenvalue weighted by molar-refractivity contribution is -0.384. The van der Waals surface area contributed by atoms with E-state index in [0.29, 0.717) is 18.8 Å². The third kappa shape index (κ3) is 7.05. The van der Waals surface area contributed by atoms with E-state index < -0.39 is 14.9 Å². The summed E-state index contributed by atoms with van der Waals surface area (Å²) >= 11 is 0. The fourth-order valence-corrected chi connectivity index (χ4v) is 2.46. The normalized spacial score (nSPS) is 11.3. The molecule has 0 spiro atoms. The first-order valence-corrected chi connectivity index (χ1v) is 8.39. The van der Waals surface area contributed by atoms with Crippen molar-refractivity contribution in [1.29, 1.82) is 0 Å². The topological polar surface area (TPSA) is 113 Å². The molecule has 0 saturated carbocycles. The van der Waals surface area contributed by atoms with Crippen molar-refractivity contribution in [3.63, 3.8) is 0 Å². The quantitative estimate of drug-likeness (QED) is 0.426. The van der Waals surface area contributed by atoms with Gasteiger partial charge >= 0.3 is 0 Å². The molecule has 1 aromatic rings. The largest absolute Gasteiger partial charge is 0.493 e. The van der Waals surface area contributed by atoms with Crippen LogP contribution in [0.5, 0.6) is 5.75 Å². The van der Waals surface area contributed by atoms with Crippen molar-refractivity contribution in [2.24, 2.45) is 5.14 Å². The van der Waals surface area contributed by atoms with E-state index in [-0.39, 0.29) is 11.4 Å². The number of nitro benzene ring substituents is 1. The van der Waals surface area contributed by atoms with Crippen LogP contribution >= 0.6 is 0 Å². The Balaban J connectivity index is 2.26. The molecule has 0 amide bonds. The number of hydrogen-bond acceptors (Lipinski definition) is 5. The number of nitrogens with two attached hydrogens (primary N) is 1. The van der Waals surface area contributed by atoms with E-state index in [4.69, 9.17) is 9.88 Å². The number of nitro groups is 1. The first-order valence-electron chi connectivity index (χ1n) is 6.68. The average molecular weight is 316 g/mol. The summed E-state index contributed by atoms with van der Waals surface area (Å²) in [5.41, 5.74) is 0.765. The molecule has 0 aromatic heterocycles. The molecule has 0 unspecified atom stereocenters. The number of benzene rings is 1. The molecule has 118 valence electrons. The molecule has 8 heteroatoms. The van der Waals surface area contributed by atoms with Gasteiger partial charge in [-0.2, -0.15) is 0 Å². The van der Waals surface area contributed by atoms with Crippen molar-refractivity contribution in [3.8, 4) is 5.75 Å². The van der Waals surface area contributed by atoms with Gasteiger partial charge in [0.05, 0.1) is 17.3 Å². The number of ether oxygens (including phenoxy) is 1. The Morgan fingerprint density at radius 1 is 1.24 bits per heavy atom. The van der Waals surface area contributed by atoms with Gasteiger partial charge in [0.15, 0.2) is 0 Å². The summed E-state index contributed by atoms with van der Waals surface area (Å²) in [4.78, 5) is 10.2. The fourth-order valence-electron chi connectivity index (χ4n) is 1.85. The number of non-ortho nitro benzene ring substituents is 1. The maximum absolute atomic E-state index is 10.7. The van der Waals surface area contributed by atoms with Gasteiger partial charge in [0, 0.05) is 12.1 Å². The minimum absolute atomic E-state index is 0.00924. The van der Waals surface area contributed by atoms with Gasteiger partial charge in [-0.05, 0) is 31.4 Å². The van der Waals surface area contributed by atoms with E-state index >= 15 is 0 Å². The van der Waals surface area contributed by atoms with Crippen LogP contribution in [0.4, 0.5) is 5.69 Å². The number of hydrogen-bond donors (Lipinski definition) is 1. The molecule has 0 heterocycles. The lowest BCUT2D eigenvalue weighted by Gasteiger charge is -2.08. The maximum atomic E-state index is 10.7. The lowest BCUT2D eigenvalue weighted by Crippen LogP contribution is -2.16. The van der Waals surface area contributed by atoms with Crippen LogP contribution in [0, 0.1) is 17.0 Å². The van der Waals surface area contributed by atoms with E-state index in [1.165, 1.54) is 12.1 Å². The Labute approximate surface area is 124 Å². The number of aryl methyl sites for hydroxylation is 1. The van der Waals surface area contributed by atoms with Crippen LogP contribution < -0.4 is 9.88 Å². The highest BCUT2D eigenvalue weighted by Gasteiger charge is 2.08. The molecule has 0 radical (unpaired) electrons. The Hall–Kier alpha value is -1.67. The maximum Gasteiger partial charge on any atom is 0.269 e. The lowest BCUT2D eigenvalue weighted by atomic mass is 10.2. The monoisotopic (exact) mass is 316 g/mol. The molecule has 1 aromatic carbocycles. The van der Waals surface area contributed by atoms with E-state index in [1.54, 1.807) is 13.0 Å². The molecule has 0 aliphatic carbocycles. The van der Waals surface area contributed by atoms with Crippen molar-refractivity contribution >= 4 is 15.7 Å². The number of sulfonamides is 1. The predicted molar refractivity (Wildman–Crippen MR) is 79.8 cm³/mol. The first-order chi connectivity index (χ1) is 9.79. The third-order valence-electron chi connectivity index (χ3n) is 2.95. The molecule has 0 atom stereocenters. The molecule has 0 fully saturated rings. The van der Waals surface area contributed by atoms with Crippen LogP contribution in [-0.2, 0) is 10.0 Å². The van der Waals surface area contributed by atoms with Gasteiger partial charge in [0.1, 0.15) is 5.75 Å². The van der Waals surface area contributed by atoms with Crippen LogP contribution in [0.15, 0.2) is 18.2 Å². The molecule has 0 saturated heterocycles. The molecule has 0 aliphatic heterocycles. The van der Waals surface area contributed by atoms with Crippen LogP contribution in [0.2, 0.25) is 0 Å². The van der Waals surface area contributed by atoms with Gasteiger partial charge < -0.3 is 4.74 Å². The number of rotatable bonds is 9. The molecule has 21 heavy (non-hydrogen) atoms. The fraction of sp³-hybridized carbons (Fsp3) is 0.538. The van der Waals surface area contributed by atoms with Gasteiger partial charge in [0.25, 0.3) is 5.69 Å². The van der Waals surface area contributed by atoms with Crippen LogP contribution in [0.1, 0.15) is 31.2 Å². The number of nitrogens with zero attached hydrogens (tertiary/aromatic N) is 1. The van der Waals surface area contributed by atoms with Gasteiger partial charge in [-0.25, -0.2) is 13.6 Å². The van der Waals surface area contributed by atoms with Crippen molar-refractivity contribution < 1.29 is 18.1 Å². The second-order valence-electron chi connectivity index (χ2n) is 4.84. The average Bonchev–Trinajstić information content (AvgIpc) is 2.37. The molecular weight excluding hydrogens is 296 g/mol. The summed E-state index contributed by atoms with van der Waals surface area (Å²) in [5, 5.41) is 15.5. The second-order valence-corrected chi connectivity index (χ2v) is 6.57. The zero-order valence-corrected chi connectivity index (χ0v) is 12.8. The van der Waals surface area contributed by atoms with Crippen molar-refractivity contribution in [2.45, 2.75) is 32.6 Å². The zero-order valence-electron chi connectivity index (χ0n) is 11.9. The zero-order chi connectivity index (χ0) is 15.9. The second kappa shape index (κ2) is 7.94. The Kier molecular flexibility index (Phi) is 6.57. The minimum atomic E-state index is -3.36. The van der Waals surface area contributed by atoms with E-state index in [2.05, 4.69) is 0 Å². The molecular formula is C13H20N2O5S. The summed E-state index contributed by atoms with van der Waals surface area (Å²) in [7, 11) is -3.36. The van der Waals surface area contributed by atoms with Gasteiger partial charge in [0.2, 0.25) is 10.0 Å². The predicted octanol–water partition coefficient (Wildman–Crippen LogP) is 2.13. The molecule has 2 N–H and O–H groups in total. The highest BCUT2D eigenvalue weighted by atomic mass is 32.2. The van der Waals surface area contributed by atoms with Crippen LogP contribution in [0.25, 0.3) is 0 Å². The van der Waals surface area contributed by atoms with Crippen LogP contribution in [0.3, 0.4) is 0 Å². The molecule has 1 rings (SSSR count). The van der Waals surface area contributed by atoms with Crippen LogP contribution in [-0.4, -0.2) is 25.7 Å². The highest BCUT2D eigenvalue weighted by molar-refractivity contribution is 7.89. The molecule has 0 aliphatic rings. The smallest absolute Gasteiger partial charge is 0.269 e. The molecule has 0 bridgehead atoms. The Morgan fingerprint density at radius 2 is 1.90 bits per heavy atom. The molecule has 7 nitrogen and oxygen atoms in total. The van der Waals surface area contributed by atoms with E-state index in [0.717, 1.165) is 24.8 Å². The van der Waals surface area contributed by atoms with Gasteiger partial charge in [-0.1, -0.05) is 12.8 Å². The minimum Gasteiger partial charge on any atom is -0.493 e. The highest BCUT2D eigenvalue weighted by Crippen LogP contribution is 2.23. The van der Waals surface area contributed by atoms with Crippen molar-refractivity contribution in [2.75, 3.05) is 12.4 Å². The number of primary sulfonamides is 1. The number of unbranched alkanes of at least 4 members (excludes halogenated alkanes) is 3. The van der Waals surface area contributed by atoms with Gasteiger partial charge in [-0.15, -0.1) is 0 Å². The van der Waals surface area contributed by atoms with Gasteiger partial charge in [-0.3, -0.25) is 10.1 Å².